The molecule has 162 valence electrons. The van der Waals surface area contributed by atoms with Crippen LogP contribution in [0.25, 0.3) is 0 Å². The van der Waals surface area contributed by atoms with Gasteiger partial charge in [0, 0.05) is 13.1 Å². The van der Waals surface area contributed by atoms with Crippen molar-refractivity contribution in [1.29, 1.82) is 0 Å². The van der Waals surface area contributed by atoms with Crippen LogP contribution in [0, 0.1) is 0 Å². The summed E-state index contributed by atoms with van der Waals surface area (Å²) in [4.78, 5) is 33.1. The minimum Gasteiger partial charge on any atom is -0.444 e. The summed E-state index contributed by atoms with van der Waals surface area (Å²) in [5.41, 5.74) is -0.496. The maximum absolute atomic E-state index is 12.9. The van der Waals surface area contributed by atoms with Crippen molar-refractivity contribution in [2.45, 2.75) is 71.8 Å². The summed E-state index contributed by atoms with van der Waals surface area (Å²) in [7, 11) is 0. The summed E-state index contributed by atoms with van der Waals surface area (Å²) in [6.07, 6.45) is -0.861. The zero-order valence-corrected chi connectivity index (χ0v) is 20.3. The smallest absolute Gasteiger partial charge is 0.410 e. The van der Waals surface area contributed by atoms with Gasteiger partial charge in [0.2, 0.25) is 0 Å². The molecule has 2 amide bonds. The average molecular weight is 491 g/mol. The third-order valence-corrected chi connectivity index (χ3v) is 4.85. The van der Waals surface area contributed by atoms with Gasteiger partial charge in [-0.1, -0.05) is 11.6 Å². The summed E-state index contributed by atoms with van der Waals surface area (Å²) in [5, 5.41) is 0.292. The summed E-state index contributed by atoms with van der Waals surface area (Å²) < 4.78 is 11.7. The van der Waals surface area contributed by atoms with Crippen LogP contribution in [0.5, 0.6) is 0 Å². The molecule has 1 aromatic heterocycles. The van der Waals surface area contributed by atoms with Crippen molar-refractivity contribution in [2.75, 3.05) is 13.1 Å². The Morgan fingerprint density at radius 3 is 2.00 bits per heavy atom. The fraction of sp³-hybridized carbons (Fsp3) is 0.650. The first kappa shape index (κ1) is 23.7. The topological polar surface area (TPSA) is 72.0 Å². The molecule has 2 heterocycles. The summed E-state index contributed by atoms with van der Waals surface area (Å²) >= 11 is 9.51. The van der Waals surface area contributed by atoms with Gasteiger partial charge < -0.3 is 14.4 Å². The second kappa shape index (κ2) is 8.68. The lowest BCUT2D eigenvalue weighted by Gasteiger charge is -2.46. The number of ether oxygens (including phenoxy) is 2. The van der Waals surface area contributed by atoms with Crippen molar-refractivity contribution in [3.63, 3.8) is 0 Å². The van der Waals surface area contributed by atoms with E-state index in [4.69, 9.17) is 21.1 Å². The molecule has 7 nitrogen and oxygen atoms in total. The van der Waals surface area contributed by atoms with E-state index >= 15 is 0 Å². The molecule has 9 heteroatoms. The molecular formula is C20H29BrClN3O4. The number of hydrogen-bond donors (Lipinski definition) is 0. The zero-order chi connectivity index (χ0) is 22.1. The van der Waals surface area contributed by atoms with E-state index in [-0.39, 0.29) is 6.04 Å². The number of carbonyl (C=O) groups excluding carboxylic acids is 2. The molecule has 0 radical (unpaired) electrons. The van der Waals surface area contributed by atoms with Crippen molar-refractivity contribution in [1.82, 2.24) is 14.8 Å². The van der Waals surface area contributed by atoms with Gasteiger partial charge in [0.1, 0.15) is 21.0 Å². The molecule has 29 heavy (non-hydrogen) atoms. The molecule has 0 spiro atoms. The number of carbonyl (C=O) groups is 2. The standard InChI is InChI=1S/C20H29BrClN3O4/c1-12-16(13-10-14(21)23-15(22)11-13)25(18(27)29-20(5,6)7)9-8-24(12)17(26)28-19(2,3)4/h10-12,16H,8-9H2,1-7H3/t12-,16?/m1/s1. The maximum Gasteiger partial charge on any atom is 0.410 e. The van der Waals surface area contributed by atoms with Crippen LogP contribution >= 0.6 is 27.5 Å². The number of hydrogen-bond acceptors (Lipinski definition) is 5. The average Bonchev–Trinajstić information content (AvgIpc) is 2.49. The molecular weight excluding hydrogens is 462 g/mol. The second-order valence-electron chi connectivity index (χ2n) is 9.08. The van der Waals surface area contributed by atoms with E-state index in [1.165, 1.54) is 0 Å². The quantitative estimate of drug-likeness (QED) is 0.492. The van der Waals surface area contributed by atoms with E-state index in [2.05, 4.69) is 20.9 Å². The van der Waals surface area contributed by atoms with Gasteiger partial charge in [-0.3, -0.25) is 4.90 Å². The number of amides is 2. The first-order valence-electron chi connectivity index (χ1n) is 9.50. The van der Waals surface area contributed by atoms with Gasteiger partial charge in [-0.15, -0.1) is 0 Å². The predicted octanol–water partition coefficient (Wildman–Crippen LogP) is 5.41. The van der Waals surface area contributed by atoms with Gasteiger partial charge >= 0.3 is 12.2 Å². The maximum atomic E-state index is 12.9. The van der Waals surface area contributed by atoms with Crippen molar-refractivity contribution < 1.29 is 19.1 Å². The fourth-order valence-electron chi connectivity index (χ4n) is 3.21. The summed E-state index contributed by atoms with van der Waals surface area (Å²) in [6.45, 7) is 13.5. The lowest BCUT2D eigenvalue weighted by molar-refractivity contribution is -0.0313. The molecule has 0 bridgehead atoms. The Morgan fingerprint density at radius 2 is 1.52 bits per heavy atom. The number of halogens is 2. The van der Waals surface area contributed by atoms with E-state index in [1.807, 2.05) is 48.5 Å². The van der Waals surface area contributed by atoms with E-state index in [1.54, 1.807) is 21.9 Å². The normalized spacial score (nSPS) is 20.4. The Bertz CT molecular complexity index is 756. The predicted molar refractivity (Wildman–Crippen MR) is 115 cm³/mol. The van der Waals surface area contributed by atoms with Gasteiger partial charge in [-0.2, -0.15) is 0 Å². The van der Waals surface area contributed by atoms with E-state index in [9.17, 15) is 9.59 Å². The molecule has 0 N–H and O–H groups in total. The third kappa shape index (κ3) is 6.47. The molecule has 2 rings (SSSR count). The van der Waals surface area contributed by atoms with Gasteiger partial charge in [-0.05, 0) is 82.1 Å². The van der Waals surface area contributed by atoms with Crippen LogP contribution in [0.3, 0.4) is 0 Å². The van der Waals surface area contributed by atoms with Gasteiger partial charge in [0.05, 0.1) is 12.1 Å². The lowest BCUT2D eigenvalue weighted by atomic mass is 9.96. The van der Waals surface area contributed by atoms with Crippen LogP contribution in [0.4, 0.5) is 9.59 Å². The van der Waals surface area contributed by atoms with Crippen LogP contribution in [-0.4, -0.2) is 57.3 Å². The second-order valence-corrected chi connectivity index (χ2v) is 10.3. The van der Waals surface area contributed by atoms with Gasteiger partial charge in [0.15, 0.2) is 0 Å². The Kier molecular flexibility index (Phi) is 7.10. The molecule has 1 aromatic rings. The Balaban J connectivity index is 2.41. The van der Waals surface area contributed by atoms with Crippen molar-refractivity contribution in [3.05, 3.63) is 27.5 Å². The van der Waals surface area contributed by atoms with Gasteiger partial charge in [-0.25, -0.2) is 14.6 Å². The highest BCUT2D eigenvalue weighted by atomic mass is 79.9. The number of nitrogens with zero attached hydrogens (tertiary/aromatic N) is 3. The van der Waals surface area contributed by atoms with Crippen LogP contribution < -0.4 is 0 Å². The molecule has 1 saturated heterocycles. The molecule has 1 fully saturated rings. The van der Waals surface area contributed by atoms with E-state index in [0.717, 1.165) is 5.56 Å². The molecule has 2 atom stereocenters. The number of pyridine rings is 1. The van der Waals surface area contributed by atoms with E-state index in [0.29, 0.717) is 22.8 Å². The highest BCUT2D eigenvalue weighted by Gasteiger charge is 2.42. The lowest BCUT2D eigenvalue weighted by Crippen LogP contribution is -2.58. The molecule has 1 unspecified atom stereocenters. The SMILES string of the molecule is C[C@@H]1C(c2cc(Cl)nc(Br)c2)N(C(=O)OC(C)(C)C)CCN1C(=O)OC(C)(C)C. The third-order valence-electron chi connectivity index (χ3n) is 4.25. The number of aromatic nitrogens is 1. The van der Waals surface area contributed by atoms with Crippen molar-refractivity contribution >= 4 is 39.7 Å². The molecule has 0 aromatic carbocycles. The number of rotatable bonds is 1. The Hall–Kier alpha value is -1.54. The van der Waals surface area contributed by atoms with E-state index < -0.39 is 29.4 Å². The van der Waals surface area contributed by atoms with Gasteiger partial charge in [0.25, 0.3) is 0 Å². The van der Waals surface area contributed by atoms with Crippen molar-refractivity contribution in [2.24, 2.45) is 0 Å². The molecule has 0 saturated carbocycles. The van der Waals surface area contributed by atoms with Crippen LogP contribution in [-0.2, 0) is 9.47 Å². The fourth-order valence-corrected chi connectivity index (χ4v) is 3.98. The van der Waals surface area contributed by atoms with Crippen LogP contribution in [0.1, 0.15) is 60.1 Å². The minimum atomic E-state index is -0.635. The Labute approximate surface area is 185 Å². The highest BCUT2D eigenvalue weighted by Crippen LogP contribution is 2.35. The zero-order valence-electron chi connectivity index (χ0n) is 18.0. The first-order chi connectivity index (χ1) is 13.2. The largest absolute Gasteiger partial charge is 0.444 e. The molecule has 1 aliphatic rings. The molecule has 0 aliphatic carbocycles. The van der Waals surface area contributed by atoms with Crippen LogP contribution in [0.15, 0.2) is 16.7 Å². The summed E-state index contributed by atoms with van der Waals surface area (Å²) in [6, 6.07) is 2.66. The monoisotopic (exact) mass is 489 g/mol. The molecule has 1 aliphatic heterocycles. The minimum absolute atomic E-state index is 0.292. The summed E-state index contributed by atoms with van der Waals surface area (Å²) in [5.74, 6) is 0. The Morgan fingerprint density at radius 1 is 1.03 bits per heavy atom. The highest BCUT2D eigenvalue weighted by molar-refractivity contribution is 9.10. The first-order valence-corrected chi connectivity index (χ1v) is 10.7. The number of piperazine rings is 1. The van der Waals surface area contributed by atoms with Crippen molar-refractivity contribution in [3.8, 4) is 0 Å². The van der Waals surface area contributed by atoms with Crippen LogP contribution in [0.2, 0.25) is 5.15 Å².